The van der Waals surface area contributed by atoms with Crippen molar-refractivity contribution >= 4 is 22.5 Å². The minimum Gasteiger partial charge on any atom is -0.508 e. The summed E-state index contributed by atoms with van der Waals surface area (Å²) in [7, 11) is 0. The second kappa shape index (κ2) is 8.59. The molecule has 0 saturated carbocycles. The number of aromatic hydroxyl groups is 1. The summed E-state index contributed by atoms with van der Waals surface area (Å²) in [5, 5.41) is 13.9. The lowest BCUT2D eigenvalue weighted by Gasteiger charge is -2.12. The van der Waals surface area contributed by atoms with Crippen LogP contribution in [0.25, 0.3) is 22.3 Å². The number of halogens is 2. The van der Waals surface area contributed by atoms with Crippen molar-refractivity contribution in [3.8, 4) is 17.0 Å². The minimum absolute atomic E-state index is 0.149. The Morgan fingerprint density at radius 1 is 0.853 bits per heavy atom. The fourth-order valence-corrected chi connectivity index (χ4v) is 4.26. The fraction of sp³-hybridized carbons (Fsp3) is 0.111. The molecule has 0 fully saturated rings. The van der Waals surface area contributed by atoms with Crippen LogP contribution in [0.5, 0.6) is 5.75 Å². The molecule has 5 nitrogen and oxygen atoms in total. The highest BCUT2D eigenvalue weighted by atomic mass is 19.1. The average Bonchev–Trinajstić information content (AvgIpc) is 3.12. The van der Waals surface area contributed by atoms with Gasteiger partial charge < -0.3 is 15.0 Å². The SMILES string of the molecule is Cc1cc(C)cc(Nc2ncnc3c2cc(-c2ccc(O)cc2)n3Cc2cc(F)cc(F)c2)c1. The van der Waals surface area contributed by atoms with E-state index in [1.54, 1.807) is 24.3 Å². The lowest BCUT2D eigenvalue weighted by Crippen LogP contribution is -2.04. The van der Waals surface area contributed by atoms with Crippen LogP contribution in [0.15, 0.2) is 73.1 Å². The van der Waals surface area contributed by atoms with Gasteiger partial charge in [-0.3, -0.25) is 0 Å². The molecule has 0 aliphatic carbocycles. The van der Waals surface area contributed by atoms with Gasteiger partial charge in [-0.2, -0.15) is 0 Å². The van der Waals surface area contributed by atoms with Gasteiger partial charge in [0, 0.05) is 18.3 Å². The Labute approximate surface area is 195 Å². The highest BCUT2D eigenvalue weighted by Crippen LogP contribution is 2.33. The summed E-state index contributed by atoms with van der Waals surface area (Å²) < 4.78 is 29.7. The molecule has 0 saturated heterocycles. The van der Waals surface area contributed by atoms with Crippen molar-refractivity contribution in [1.29, 1.82) is 0 Å². The zero-order chi connectivity index (χ0) is 23.8. The maximum Gasteiger partial charge on any atom is 0.146 e. The normalized spacial score (nSPS) is 11.2. The van der Waals surface area contributed by atoms with Gasteiger partial charge in [0.2, 0.25) is 0 Å². The van der Waals surface area contributed by atoms with Gasteiger partial charge in [0.05, 0.1) is 11.1 Å². The number of aryl methyl sites for hydroxylation is 2. The molecule has 34 heavy (non-hydrogen) atoms. The molecule has 2 aromatic heterocycles. The monoisotopic (exact) mass is 456 g/mol. The maximum absolute atomic E-state index is 13.9. The lowest BCUT2D eigenvalue weighted by atomic mass is 10.1. The molecular formula is C27H22F2N4O. The second-order valence-corrected chi connectivity index (χ2v) is 8.40. The topological polar surface area (TPSA) is 63.0 Å². The van der Waals surface area contributed by atoms with E-state index in [9.17, 15) is 13.9 Å². The molecule has 0 aliphatic heterocycles. The van der Waals surface area contributed by atoms with E-state index in [2.05, 4.69) is 21.4 Å². The van der Waals surface area contributed by atoms with E-state index in [4.69, 9.17) is 0 Å². The molecule has 7 heteroatoms. The third-order valence-electron chi connectivity index (χ3n) is 5.60. The standard InChI is InChI=1S/C27H22F2N4O/c1-16-7-17(2)9-22(8-16)32-26-24-13-25(19-3-5-23(34)6-4-19)33(27(24)31-15-30-26)14-18-10-20(28)12-21(29)11-18/h3-13,15,34H,14H2,1-2H3,(H,30,31,32). The molecule has 0 aliphatic rings. The molecule has 5 aromatic rings. The Hall–Kier alpha value is -4.26. The number of benzene rings is 3. The number of nitrogens with one attached hydrogen (secondary N) is 1. The first kappa shape index (κ1) is 21.6. The Kier molecular flexibility index (Phi) is 5.45. The van der Waals surface area contributed by atoms with Gasteiger partial charge in [0.25, 0.3) is 0 Å². The quantitative estimate of drug-likeness (QED) is 0.317. The highest BCUT2D eigenvalue weighted by Gasteiger charge is 2.17. The number of hydrogen-bond donors (Lipinski definition) is 2. The van der Waals surface area contributed by atoms with Crippen LogP contribution >= 0.6 is 0 Å². The van der Waals surface area contributed by atoms with Crippen molar-refractivity contribution in [3.05, 3.63) is 101 Å². The van der Waals surface area contributed by atoms with Crippen molar-refractivity contribution in [3.63, 3.8) is 0 Å². The summed E-state index contributed by atoms with van der Waals surface area (Å²) in [6, 6.07) is 18.4. The number of phenols is 1. The zero-order valence-electron chi connectivity index (χ0n) is 18.7. The van der Waals surface area contributed by atoms with E-state index in [1.807, 2.05) is 36.6 Å². The molecule has 0 bridgehead atoms. The van der Waals surface area contributed by atoms with Crippen LogP contribution in [0.2, 0.25) is 0 Å². The number of nitrogens with zero attached hydrogens (tertiary/aromatic N) is 3. The van der Waals surface area contributed by atoms with E-state index >= 15 is 0 Å². The van der Waals surface area contributed by atoms with E-state index in [-0.39, 0.29) is 12.3 Å². The van der Waals surface area contributed by atoms with Crippen LogP contribution in [-0.4, -0.2) is 19.6 Å². The van der Waals surface area contributed by atoms with Gasteiger partial charge >= 0.3 is 0 Å². The van der Waals surface area contributed by atoms with Crippen LogP contribution in [0, 0.1) is 25.5 Å². The van der Waals surface area contributed by atoms with Gasteiger partial charge in [0.1, 0.15) is 35.2 Å². The van der Waals surface area contributed by atoms with Gasteiger partial charge in [-0.15, -0.1) is 0 Å². The molecule has 2 heterocycles. The average molecular weight is 456 g/mol. The smallest absolute Gasteiger partial charge is 0.146 e. The molecule has 0 atom stereocenters. The summed E-state index contributed by atoms with van der Waals surface area (Å²) in [4.78, 5) is 8.96. The third-order valence-corrected chi connectivity index (χ3v) is 5.60. The summed E-state index contributed by atoms with van der Waals surface area (Å²) in [6.45, 7) is 4.27. The molecule has 0 spiro atoms. The van der Waals surface area contributed by atoms with Crippen LogP contribution in [0.4, 0.5) is 20.3 Å². The van der Waals surface area contributed by atoms with Crippen molar-refractivity contribution in [2.24, 2.45) is 0 Å². The third kappa shape index (κ3) is 4.32. The number of hydrogen-bond acceptors (Lipinski definition) is 4. The summed E-state index contributed by atoms with van der Waals surface area (Å²) in [6.07, 6.45) is 1.47. The summed E-state index contributed by atoms with van der Waals surface area (Å²) in [5.41, 5.74) is 5.86. The lowest BCUT2D eigenvalue weighted by molar-refractivity contribution is 0.475. The maximum atomic E-state index is 13.9. The van der Waals surface area contributed by atoms with E-state index in [1.165, 1.54) is 18.5 Å². The number of rotatable bonds is 5. The summed E-state index contributed by atoms with van der Waals surface area (Å²) >= 11 is 0. The second-order valence-electron chi connectivity index (χ2n) is 8.40. The molecule has 5 rings (SSSR count). The number of anilines is 2. The van der Waals surface area contributed by atoms with Crippen LogP contribution < -0.4 is 5.32 Å². The van der Waals surface area contributed by atoms with E-state index in [0.29, 0.717) is 17.0 Å². The molecule has 0 amide bonds. The predicted molar refractivity (Wildman–Crippen MR) is 129 cm³/mol. The fourth-order valence-electron chi connectivity index (χ4n) is 4.26. The highest BCUT2D eigenvalue weighted by molar-refractivity contribution is 5.94. The van der Waals surface area contributed by atoms with Crippen molar-refractivity contribution in [2.45, 2.75) is 20.4 Å². The van der Waals surface area contributed by atoms with Crippen LogP contribution in [-0.2, 0) is 6.54 Å². The molecule has 170 valence electrons. The van der Waals surface area contributed by atoms with Crippen LogP contribution in [0.1, 0.15) is 16.7 Å². The minimum atomic E-state index is -0.635. The molecule has 2 N–H and O–H groups in total. The van der Waals surface area contributed by atoms with Crippen molar-refractivity contribution < 1.29 is 13.9 Å². The largest absolute Gasteiger partial charge is 0.508 e. The first-order valence-electron chi connectivity index (χ1n) is 10.8. The number of fused-ring (bicyclic) bond motifs is 1. The Bertz CT molecular complexity index is 1470. The Morgan fingerprint density at radius 2 is 1.53 bits per heavy atom. The van der Waals surface area contributed by atoms with Crippen LogP contribution in [0.3, 0.4) is 0 Å². The first-order chi connectivity index (χ1) is 16.4. The number of phenolic OH excluding ortho intramolecular Hbond substituents is 1. The van der Waals surface area contributed by atoms with E-state index < -0.39 is 11.6 Å². The summed E-state index contributed by atoms with van der Waals surface area (Å²) in [5.74, 6) is -0.497. The molecule has 0 unspecified atom stereocenters. The Balaban J connectivity index is 1.67. The first-order valence-corrected chi connectivity index (χ1v) is 10.8. The van der Waals surface area contributed by atoms with Crippen molar-refractivity contribution in [2.75, 3.05) is 5.32 Å². The Morgan fingerprint density at radius 3 is 2.21 bits per heavy atom. The molecular weight excluding hydrogens is 434 g/mol. The van der Waals surface area contributed by atoms with Gasteiger partial charge in [-0.25, -0.2) is 18.7 Å². The van der Waals surface area contributed by atoms with Crippen molar-refractivity contribution in [1.82, 2.24) is 14.5 Å². The zero-order valence-corrected chi connectivity index (χ0v) is 18.7. The van der Waals surface area contributed by atoms with Gasteiger partial charge in [-0.05, 0) is 90.7 Å². The predicted octanol–water partition coefficient (Wildman–Crippen LogP) is 6.49. The van der Waals surface area contributed by atoms with Gasteiger partial charge in [0.15, 0.2) is 0 Å². The van der Waals surface area contributed by atoms with E-state index in [0.717, 1.165) is 39.5 Å². The number of aromatic nitrogens is 3. The molecule has 3 aromatic carbocycles. The molecule has 0 radical (unpaired) electrons. The van der Waals surface area contributed by atoms with Gasteiger partial charge in [-0.1, -0.05) is 6.07 Å².